The predicted octanol–water partition coefficient (Wildman–Crippen LogP) is 5.37. The van der Waals surface area contributed by atoms with Crippen LogP contribution in [0.25, 0.3) is 32.3 Å². The lowest BCUT2D eigenvalue weighted by molar-refractivity contribution is 0.115. The van der Waals surface area contributed by atoms with Crippen LogP contribution in [0.3, 0.4) is 0 Å². The molecule has 0 amide bonds. The third kappa shape index (κ3) is 2.60. The monoisotopic (exact) mass is 404 g/mol. The van der Waals surface area contributed by atoms with Gasteiger partial charge in [-0.3, -0.25) is 9.69 Å². The maximum atomic E-state index is 12.3. The van der Waals surface area contributed by atoms with E-state index in [4.69, 9.17) is 0 Å². The normalized spacial score (nSPS) is 21.2. The molecule has 152 valence electrons. The number of hydrogen-bond acceptors (Lipinski definition) is 2. The highest BCUT2D eigenvalue weighted by molar-refractivity contribution is 6.23. The maximum absolute atomic E-state index is 12.3. The molecule has 0 N–H and O–H groups in total. The third-order valence-electron chi connectivity index (χ3n) is 7.57. The maximum Gasteiger partial charge on any atom is 0.250 e. The van der Waals surface area contributed by atoms with Crippen LogP contribution in [-0.2, 0) is 13.1 Å². The first-order valence-corrected chi connectivity index (χ1v) is 11.3. The van der Waals surface area contributed by atoms with E-state index in [9.17, 15) is 4.79 Å². The van der Waals surface area contributed by atoms with Crippen molar-refractivity contribution in [1.29, 1.82) is 0 Å². The van der Waals surface area contributed by atoms with Gasteiger partial charge in [0.1, 0.15) is 0 Å². The highest BCUT2D eigenvalue weighted by atomic mass is 16.1. The number of benzene rings is 4. The molecule has 5 aromatic rings. The lowest BCUT2D eigenvalue weighted by Crippen LogP contribution is -2.46. The van der Waals surface area contributed by atoms with Crippen LogP contribution >= 0.6 is 0 Å². The van der Waals surface area contributed by atoms with Crippen molar-refractivity contribution in [3.63, 3.8) is 0 Å². The average molecular weight is 405 g/mol. The average Bonchev–Trinajstić information content (AvgIpc) is 2.79. The van der Waals surface area contributed by atoms with Gasteiger partial charge < -0.3 is 4.57 Å². The summed E-state index contributed by atoms with van der Waals surface area (Å²) in [5.74, 6) is 1.02. The second kappa shape index (κ2) is 6.41. The van der Waals surface area contributed by atoms with E-state index in [1.54, 1.807) is 6.07 Å². The van der Waals surface area contributed by atoms with Gasteiger partial charge in [0.15, 0.2) is 0 Å². The van der Waals surface area contributed by atoms with Crippen molar-refractivity contribution in [2.75, 3.05) is 13.1 Å². The Bertz CT molecular complexity index is 1500. The van der Waals surface area contributed by atoms with Gasteiger partial charge in [-0.15, -0.1) is 0 Å². The number of pyridine rings is 1. The zero-order valence-electron chi connectivity index (χ0n) is 17.4. The van der Waals surface area contributed by atoms with Crippen molar-refractivity contribution in [2.45, 2.75) is 25.4 Å². The van der Waals surface area contributed by atoms with Gasteiger partial charge in [0.2, 0.25) is 0 Å². The van der Waals surface area contributed by atoms with Crippen LogP contribution < -0.4 is 5.56 Å². The summed E-state index contributed by atoms with van der Waals surface area (Å²) in [6.07, 6.45) is 1.21. The standard InChI is InChI=1S/C28H24N2O/c31-26-6-2-5-25-23-13-18(15-30(25)26)14-29(17-23)16-22-10-9-21-8-7-19-3-1-4-20-11-12-24(22)28(21)27(19)20/h1-12,18,23H,13-17H2/t18?,23-/m1/s1. The number of piperidine rings is 1. The van der Waals surface area contributed by atoms with Gasteiger partial charge in [0.05, 0.1) is 0 Å². The van der Waals surface area contributed by atoms with Crippen LogP contribution in [-0.4, -0.2) is 22.6 Å². The lowest BCUT2D eigenvalue weighted by Gasteiger charge is -2.43. The molecule has 2 aliphatic heterocycles. The van der Waals surface area contributed by atoms with Crippen LogP contribution in [0.5, 0.6) is 0 Å². The van der Waals surface area contributed by atoms with Gasteiger partial charge in [0.25, 0.3) is 5.56 Å². The number of hydrogen-bond donors (Lipinski definition) is 0. The van der Waals surface area contributed by atoms with E-state index in [0.717, 1.165) is 26.2 Å². The van der Waals surface area contributed by atoms with Crippen LogP contribution in [0, 0.1) is 5.92 Å². The van der Waals surface area contributed by atoms with Crippen LogP contribution in [0.4, 0.5) is 0 Å². The van der Waals surface area contributed by atoms with Gasteiger partial charge in [-0.2, -0.15) is 0 Å². The van der Waals surface area contributed by atoms with E-state index in [1.807, 2.05) is 10.6 Å². The second-order valence-corrected chi connectivity index (χ2v) is 9.47. The Morgan fingerprint density at radius 2 is 1.48 bits per heavy atom. The Labute approximate surface area is 180 Å². The summed E-state index contributed by atoms with van der Waals surface area (Å²) in [6, 6.07) is 26.1. The molecule has 1 unspecified atom stereocenters. The van der Waals surface area contributed by atoms with Gasteiger partial charge in [-0.05, 0) is 56.3 Å². The molecule has 3 heteroatoms. The van der Waals surface area contributed by atoms with Crippen molar-refractivity contribution < 1.29 is 0 Å². The summed E-state index contributed by atoms with van der Waals surface area (Å²) >= 11 is 0. The quantitative estimate of drug-likeness (QED) is 0.370. The summed E-state index contributed by atoms with van der Waals surface area (Å²) in [6.45, 7) is 3.93. The predicted molar refractivity (Wildman–Crippen MR) is 127 cm³/mol. The fourth-order valence-corrected chi connectivity index (χ4v) is 6.30. The Morgan fingerprint density at radius 1 is 0.742 bits per heavy atom. The van der Waals surface area contributed by atoms with Gasteiger partial charge in [-0.1, -0.05) is 60.7 Å². The molecule has 2 aliphatic rings. The van der Waals surface area contributed by atoms with Gasteiger partial charge in [-0.25, -0.2) is 0 Å². The summed E-state index contributed by atoms with van der Waals surface area (Å²) in [4.78, 5) is 14.9. The summed E-state index contributed by atoms with van der Waals surface area (Å²) in [7, 11) is 0. The molecule has 3 heterocycles. The lowest BCUT2D eigenvalue weighted by atomic mass is 9.83. The largest absolute Gasteiger partial charge is 0.312 e. The van der Waals surface area contributed by atoms with E-state index in [0.29, 0.717) is 11.8 Å². The molecule has 1 fully saturated rings. The Balaban J connectivity index is 1.29. The molecule has 31 heavy (non-hydrogen) atoms. The number of nitrogens with zero attached hydrogens (tertiary/aromatic N) is 2. The molecule has 7 rings (SSSR count). The molecule has 2 bridgehead atoms. The molecular weight excluding hydrogens is 380 g/mol. The van der Waals surface area contributed by atoms with E-state index in [-0.39, 0.29) is 5.56 Å². The van der Waals surface area contributed by atoms with Crippen LogP contribution in [0.2, 0.25) is 0 Å². The molecule has 0 aliphatic carbocycles. The van der Waals surface area contributed by atoms with Crippen molar-refractivity contribution in [3.05, 3.63) is 94.4 Å². The van der Waals surface area contributed by atoms with Crippen molar-refractivity contribution in [3.8, 4) is 0 Å². The van der Waals surface area contributed by atoms with Gasteiger partial charge in [0, 0.05) is 43.9 Å². The highest BCUT2D eigenvalue weighted by Gasteiger charge is 2.34. The van der Waals surface area contributed by atoms with E-state index in [1.165, 1.54) is 50.0 Å². The molecule has 0 saturated carbocycles. The fraction of sp³-hybridized carbons (Fsp3) is 0.250. The van der Waals surface area contributed by atoms with Crippen LogP contribution in [0.15, 0.2) is 77.6 Å². The molecule has 1 saturated heterocycles. The van der Waals surface area contributed by atoms with Gasteiger partial charge >= 0.3 is 0 Å². The minimum absolute atomic E-state index is 0.160. The summed E-state index contributed by atoms with van der Waals surface area (Å²) in [5, 5.41) is 8.15. The number of aromatic nitrogens is 1. The zero-order valence-corrected chi connectivity index (χ0v) is 17.4. The van der Waals surface area contributed by atoms with Crippen molar-refractivity contribution in [1.82, 2.24) is 9.47 Å². The van der Waals surface area contributed by atoms with Crippen molar-refractivity contribution >= 4 is 32.3 Å². The zero-order chi connectivity index (χ0) is 20.5. The first-order valence-electron chi connectivity index (χ1n) is 11.3. The SMILES string of the molecule is O=c1cccc2n1CC1C[C@@H]2CN(Cc2ccc3ccc4cccc5ccc2c3c45)C1. The smallest absolute Gasteiger partial charge is 0.250 e. The van der Waals surface area contributed by atoms with E-state index in [2.05, 4.69) is 65.6 Å². The topological polar surface area (TPSA) is 25.2 Å². The van der Waals surface area contributed by atoms with Crippen molar-refractivity contribution in [2.24, 2.45) is 5.92 Å². The molecule has 0 spiro atoms. The first-order chi connectivity index (χ1) is 15.2. The Hall–Kier alpha value is -3.17. The first kappa shape index (κ1) is 17.5. The molecule has 1 aromatic heterocycles. The fourth-order valence-electron chi connectivity index (χ4n) is 6.30. The summed E-state index contributed by atoms with van der Waals surface area (Å²) < 4.78 is 2.02. The third-order valence-corrected chi connectivity index (χ3v) is 7.57. The van der Waals surface area contributed by atoms with E-state index < -0.39 is 0 Å². The van der Waals surface area contributed by atoms with Crippen LogP contribution in [0.1, 0.15) is 23.6 Å². The number of fused-ring (bicyclic) bond motifs is 4. The molecular formula is C28H24N2O. The minimum atomic E-state index is 0.160. The Morgan fingerprint density at radius 3 is 2.35 bits per heavy atom. The second-order valence-electron chi connectivity index (χ2n) is 9.47. The van der Waals surface area contributed by atoms with E-state index >= 15 is 0 Å². The molecule has 3 nitrogen and oxygen atoms in total. The minimum Gasteiger partial charge on any atom is -0.312 e. The molecule has 0 radical (unpaired) electrons. The molecule has 4 aromatic carbocycles. The summed E-state index contributed by atoms with van der Waals surface area (Å²) in [5.41, 5.74) is 2.80. The Kier molecular flexibility index (Phi) is 3.62. The highest BCUT2D eigenvalue weighted by Crippen LogP contribution is 2.38. The molecule has 2 atom stereocenters. The number of rotatable bonds is 2. The number of likely N-dealkylation sites (tertiary alicyclic amines) is 1.